The number of anilines is 1. The highest BCUT2D eigenvalue weighted by Crippen LogP contribution is 2.21. The molecule has 1 aromatic rings. The molecule has 0 heterocycles. The maximum Gasteiger partial charge on any atom is 0.253 e. The van der Waals surface area contributed by atoms with Crippen molar-refractivity contribution < 1.29 is 14.7 Å². The summed E-state index contributed by atoms with van der Waals surface area (Å²) in [6.07, 6.45) is 1.20. The molecule has 0 aliphatic carbocycles. The van der Waals surface area contributed by atoms with Crippen molar-refractivity contribution in [1.82, 2.24) is 5.32 Å². The molecule has 5 heteroatoms. The number of carbonyl (C=O) groups excluding carboxylic acids is 2. The highest BCUT2D eigenvalue weighted by atomic mass is 16.3. The van der Waals surface area contributed by atoms with E-state index in [4.69, 9.17) is 5.11 Å². The molecule has 0 aliphatic heterocycles. The summed E-state index contributed by atoms with van der Waals surface area (Å²) < 4.78 is 0. The topological polar surface area (TPSA) is 69.6 Å². The molecule has 0 saturated heterocycles. The van der Waals surface area contributed by atoms with Crippen molar-refractivity contribution >= 4 is 17.5 Å². The van der Waals surface area contributed by atoms with E-state index in [1.807, 2.05) is 13.8 Å². The summed E-state index contributed by atoms with van der Waals surface area (Å²) in [5, 5.41) is 12.1. The van der Waals surface area contributed by atoms with Crippen LogP contribution in [0.1, 0.15) is 44.0 Å². The predicted molar refractivity (Wildman–Crippen MR) is 83.4 cm³/mol. The van der Waals surface area contributed by atoms with Crippen LogP contribution in [0.5, 0.6) is 0 Å². The van der Waals surface area contributed by atoms with Crippen molar-refractivity contribution in [2.45, 2.75) is 39.2 Å². The predicted octanol–water partition coefficient (Wildman–Crippen LogP) is 1.95. The van der Waals surface area contributed by atoms with Crippen molar-refractivity contribution in [2.24, 2.45) is 0 Å². The lowest BCUT2D eigenvalue weighted by atomic mass is 9.94. The molecule has 0 radical (unpaired) electrons. The maximum atomic E-state index is 12.5. The van der Waals surface area contributed by atoms with Crippen LogP contribution in [0.15, 0.2) is 24.3 Å². The van der Waals surface area contributed by atoms with Gasteiger partial charge in [-0.3, -0.25) is 9.59 Å². The number of amides is 2. The van der Waals surface area contributed by atoms with E-state index >= 15 is 0 Å². The second-order valence-corrected chi connectivity index (χ2v) is 5.44. The summed E-state index contributed by atoms with van der Waals surface area (Å²) >= 11 is 0. The highest BCUT2D eigenvalue weighted by molar-refractivity contribution is 6.04. The highest BCUT2D eigenvalue weighted by Gasteiger charge is 2.26. The average molecular weight is 292 g/mol. The fourth-order valence-electron chi connectivity index (χ4n) is 2.04. The van der Waals surface area contributed by atoms with E-state index in [2.05, 4.69) is 5.32 Å². The van der Waals surface area contributed by atoms with Crippen molar-refractivity contribution in [1.29, 1.82) is 0 Å². The molecule has 0 spiro atoms. The standard InChI is InChI=1S/C16H24N2O3/c1-5-16(3,10-11-19)17-15(21)13-8-6-7-9-14(13)18(4)12(2)20/h6-9,19H,5,10-11H2,1-4H3,(H,17,21). The largest absolute Gasteiger partial charge is 0.396 e. The lowest BCUT2D eigenvalue weighted by Crippen LogP contribution is -2.46. The van der Waals surface area contributed by atoms with Gasteiger partial charge in [-0.05, 0) is 31.9 Å². The van der Waals surface area contributed by atoms with Crippen LogP contribution in [-0.2, 0) is 4.79 Å². The summed E-state index contributed by atoms with van der Waals surface area (Å²) in [4.78, 5) is 25.5. The maximum absolute atomic E-state index is 12.5. The van der Waals surface area contributed by atoms with Crippen LogP contribution in [0.2, 0.25) is 0 Å². The van der Waals surface area contributed by atoms with Gasteiger partial charge in [0.1, 0.15) is 0 Å². The molecule has 0 saturated carbocycles. The minimum atomic E-state index is -0.465. The Morgan fingerprint density at radius 1 is 1.33 bits per heavy atom. The van der Waals surface area contributed by atoms with E-state index < -0.39 is 5.54 Å². The molecular formula is C16H24N2O3. The van der Waals surface area contributed by atoms with E-state index in [1.165, 1.54) is 11.8 Å². The fraction of sp³-hybridized carbons (Fsp3) is 0.500. The third-order valence-electron chi connectivity index (χ3n) is 3.84. The van der Waals surface area contributed by atoms with E-state index in [9.17, 15) is 9.59 Å². The zero-order chi connectivity index (χ0) is 16.0. The lowest BCUT2D eigenvalue weighted by molar-refractivity contribution is -0.116. The molecule has 0 bridgehead atoms. The zero-order valence-corrected chi connectivity index (χ0v) is 13.1. The third kappa shape index (κ3) is 4.29. The van der Waals surface area contributed by atoms with E-state index in [0.717, 1.165) is 0 Å². The minimum Gasteiger partial charge on any atom is -0.396 e. The molecule has 21 heavy (non-hydrogen) atoms. The number of aliphatic hydroxyl groups is 1. The summed E-state index contributed by atoms with van der Waals surface area (Å²) in [7, 11) is 1.64. The minimum absolute atomic E-state index is 0.0135. The molecule has 2 amide bonds. The number of rotatable bonds is 6. The number of carbonyl (C=O) groups is 2. The van der Waals surface area contributed by atoms with Crippen molar-refractivity contribution in [2.75, 3.05) is 18.6 Å². The van der Waals surface area contributed by atoms with Gasteiger partial charge in [-0.1, -0.05) is 19.1 Å². The number of nitrogens with one attached hydrogen (secondary N) is 1. The Hall–Kier alpha value is -1.88. The Morgan fingerprint density at radius 2 is 1.95 bits per heavy atom. The number of benzene rings is 1. The summed E-state index contributed by atoms with van der Waals surface area (Å²) in [6, 6.07) is 6.99. The quantitative estimate of drug-likeness (QED) is 0.842. The van der Waals surface area contributed by atoms with Gasteiger partial charge in [0.15, 0.2) is 0 Å². The van der Waals surface area contributed by atoms with Crippen LogP contribution in [0, 0.1) is 0 Å². The molecule has 1 unspecified atom stereocenters. The second-order valence-electron chi connectivity index (χ2n) is 5.44. The molecule has 116 valence electrons. The van der Waals surface area contributed by atoms with Crippen LogP contribution >= 0.6 is 0 Å². The van der Waals surface area contributed by atoms with Crippen LogP contribution in [0.25, 0.3) is 0 Å². The molecular weight excluding hydrogens is 268 g/mol. The Bertz CT molecular complexity index is 516. The monoisotopic (exact) mass is 292 g/mol. The van der Waals surface area contributed by atoms with Gasteiger partial charge in [-0.25, -0.2) is 0 Å². The Balaban J connectivity index is 3.05. The van der Waals surface area contributed by atoms with Crippen LogP contribution in [0.3, 0.4) is 0 Å². The molecule has 1 atom stereocenters. The molecule has 2 N–H and O–H groups in total. The van der Waals surface area contributed by atoms with Gasteiger partial charge in [0.25, 0.3) is 5.91 Å². The molecule has 1 aromatic carbocycles. The van der Waals surface area contributed by atoms with Crippen LogP contribution in [0.4, 0.5) is 5.69 Å². The van der Waals surface area contributed by atoms with Gasteiger partial charge in [0.05, 0.1) is 11.3 Å². The van der Waals surface area contributed by atoms with Gasteiger partial charge in [0.2, 0.25) is 5.91 Å². The first kappa shape index (κ1) is 17.2. The SMILES string of the molecule is CCC(C)(CCO)NC(=O)c1ccccc1N(C)C(C)=O. The molecule has 0 aliphatic rings. The van der Waals surface area contributed by atoms with Crippen LogP contribution in [-0.4, -0.2) is 36.1 Å². The first-order valence-corrected chi connectivity index (χ1v) is 7.11. The molecule has 1 rings (SSSR count). The molecule has 0 aromatic heterocycles. The number of hydrogen-bond donors (Lipinski definition) is 2. The lowest BCUT2D eigenvalue weighted by Gasteiger charge is -2.30. The van der Waals surface area contributed by atoms with Gasteiger partial charge >= 0.3 is 0 Å². The Kier molecular flexibility index (Phi) is 5.90. The van der Waals surface area contributed by atoms with Gasteiger partial charge in [-0.2, -0.15) is 0 Å². The zero-order valence-electron chi connectivity index (χ0n) is 13.1. The summed E-state index contributed by atoms with van der Waals surface area (Å²) in [6.45, 7) is 5.33. The number of aliphatic hydroxyl groups excluding tert-OH is 1. The van der Waals surface area contributed by atoms with Crippen molar-refractivity contribution in [3.05, 3.63) is 29.8 Å². The summed E-state index contributed by atoms with van der Waals surface area (Å²) in [5.74, 6) is -0.375. The summed E-state index contributed by atoms with van der Waals surface area (Å²) in [5.41, 5.74) is 0.561. The van der Waals surface area contributed by atoms with E-state index in [-0.39, 0.29) is 18.4 Å². The third-order valence-corrected chi connectivity index (χ3v) is 3.84. The molecule has 0 fully saturated rings. The van der Waals surface area contributed by atoms with Gasteiger partial charge in [-0.15, -0.1) is 0 Å². The number of hydrogen-bond acceptors (Lipinski definition) is 3. The Labute approximate surface area is 126 Å². The van der Waals surface area contributed by atoms with Gasteiger partial charge in [0, 0.05) is 26.1 Å². The van der Waals surface area contributed by atoms with Crippen molar-refractivity contribution in [3.8, 4) is 0 Å². The smallest absolute Gasteiger partial charge is 0.253 e. The number of para-hydroxylation sites is 1. The second kappa shape index (κ2) is 7.22. The first-order valence-electron chi connectivity index (χ1n) is 7.11. The van der Waals surface area contributed by atoms with Crippen LogP contribution < -0.4 is 10.2 Å². The molecule has 5 nitrogen and oxygen atoms in total. The normalized spacial score (nSPS) is 13.4. The fourth-order valence-corrected chi connectivity index (χ4v) is 2.04. The Morgan fingerprint density at radius 3 is 2.48 bits per heavy atom. The van der Waals surface area contributed by atoms with E-state index in [1.54, 1.807) is 31.3 Å². The van der Waals surface area contributed by atoms with Crippen molar-refractivity contribution in [3.63, 3.8) is 0 Å². The van der Waals surface area contributed by atoms with E-state index in [0.29, 0.717) is 24.1 Å². The van der Waals surface area contributed by atoms with Gasteiger partial charge < -0.3 is 15.3 Å². The average Bonchev–Trinajstić information content (AvgIpc) is 2.46. The first-order chi connectivity index (χ1) is 9.84. The number of nitrogens with zero attached hydrogens (tertiary/aromatic N) is 1.